The molecule has 2 nitrogen and oxygen atoms in total. The fourth-order valence-electron chi connectivity index (χ4n) is 2.37. The topological polar surface area (TPSA) is 23.5 Å². The zero-order valence-electron chi connectivity index (χ0n) is 9.48. The Morgan fingerprint density at radius 3 is 2.87 bits per heavy atom. The van der Waals surface area contributed by atoms with Crippen LogP contribution in [-0.2, 0) is 0 Å². The van der Waals surface area contributed by atoms with Gasteiger partial charge in [0.2, 0.25) is 0 Å². The van der Waals surface area contributed by atoms with Crippen LogP contribution in [0.25, 0.3) is 0 Å². The molecule has 1 aliphatic rings. The molecule has 0 spiro atoms. The molecule has 0 aliphatic carbocycles. The van der Waals surface area contributed by atoms with Gasteiger partial charge in [0.1, 0.15) is 5.75 Å². The molecule has 1 unspecified atom stereocenters. The highest BCUT2D eigenvalue weighted by molar-refractivity contribution is 5.30. The van der Waals surface area contributed by atoms with Crippen molar-refractivity contribution in [1.82, 2.24) is 4.90 Å². The van der Waals surface area contributed by atoms with Gasteiger partial charge in [-0.15, -0.1) is 0 Å². The molecule has 0 aromatic heterocycles. The van der Waals surface area contributed by atoms with Crippen molar-refractivity contribution in [2.24, 2.45) is 0 Å². The SMILES string of the molecule is C[C@@H]1CC(c2cccc(O)c2)CCN1C. The van der Waals surface area contributed by atoms with E-state index in [2.05, 4.69) is 24.9 Å². The van der Waals surface area contributed by atoms with Gasteiger partial charge >= 0.3 is 0 Å². The van der Waals surface area contributed by atoms with Crippen molar-refractivity contribution in [3.63, 3.8) is 0 Å². The van der Waals surface area contributed by atoms with Crippen molar-refractivity contribution < 1.29 is 5.11 Å². The summed E-state index contributed by atoms with van der Waals surface area (Å²) < 4.78 is 0. The van der Waals surface area contributed by atoms with Gasteiger partial charge in [-0.25, -0.2) is 0 Å². The number of piperidine rings is 1. The number of aromatic hydroxyl groups is 1. The second-order valence-corrected chi connectivity index (χ2v) is 4.65. The van der Waals surface area contributed by atoms with Crippen LogP contribution in [0.1, 0.15) is 31.2 Å². The molecule has 0 bridgehead atoms. The molecule has 1 saturated heterocycles. The zero-order chi connectivity index (χ0) is 10.8. The van der Waals surface area contributed by atoms with Gasteiger partial charge < -0.3 is 10.0 Å². The van der Waals surface area contributed by atoms with Gasteiger partial charge in [-0.2, -0.15) is 0 Å². The highest BCUT2D eigenvalue weighted by Crippen LogP contribution is 2.31. The number of phenolic OH excluding ortho intramolecular Hbond substituents is 1. The summed E-state index contributed by atoms with van der Waals surface area (Å²) in [6.07, 6.45) is 2.39. The van der Waals surface area contributed by atoms with Crippen LogP contribution in [0.3, 0.4) is 0 Å². The summed E-state index contributed by atoms with van der Waals surface area (Å²) in [7, 11) is 2.18. The lowest BCUT2D eigenvalue weighted by Gasteiger charge is -2.35. The molecule has 0 amide bonds. The number of hydrogen-bond donors (Lipinski definition) is 1. The van der Waals surface area contributed by atoms with E-state index in [1.807, 2.05) is 12.1 Å². The molecule has 0 radical (unpaired) electrons. The minimum absolute atomic E-state index is 0.388. The maximum atomic E-state index is 9.45. The second kappa shape index (κ2) is 4.23. The molecule has 2 atom stereocenters. The van der Waals surface area contributed by atoms with Crippen LogP contribution in [0.5, 0.6) is 5.75 Å². The van der Waals surface area contributed by atoms with E-state index >= 15 is 0 Å². The lowest BCUT2D eigenvalue weighted by atomic mass is 9.86. The number of nitrogens with zero attached hydrogens (tertiary/aromatic N) is 1. The third-order valence-corrected chi connectivity index (χ3v) is 3.55. The van der Waals surface area contributed by atoms with E-state index in [1.165, 1.54) is 18.4 Å². The summed E-state index contributed by atoms with van der Waals surface area (Å²) in [5.74, 6) is 1.00. The molecule has 82 valence electrons. The molecule has 0 saturated carbocycles. The molecule has 1 aromatic rings. The van der Waals surface area contributed by atoms with Gasteiger partial charge in [0.15, 0.2) is 0 Å². The van der Waals surface area contributed by atoms with E-state index < -0.39 is 0 Å². The molecule has 1 N–H and O–H groups in total. The molecular weight excluding hydrogens is 186 g/mol. The van der Waals surface area contributed by atoms with Gasteiger partial charge in [-0.05, 0) is 57.0 Å². The zero-order valence-corrected chi connectivity index (χ0v) is 9.48. The van der Waals surface area contributed by atoms with E-state index in [0.717, 1.165) is 6.54 Å². The van der Waals surface area contributed by atoms with Crippen molar-refractivity contribution in [2.45, 2.75) is 31.7 Å². The lowest BCUT2D eigenvalue weighted by Crippen LogP contribution is -2.36. The van der Waals surface area contributed by atoms with Crippen LogP contribution < -0.4 is 0 Å². The number of rotatable bonds is 1. The second-order valence-electron chi connectivity index (χ2n) is 4.65. The number of hydrogen-bond acceptors (Lipinski definition) is 2. The van der Waals surface area contributed by atoms with Gasteiger partial charge in [-0.1, -0.05) is 12.1 Å². The summed E-state index contributed by atoms with van der Waals surface area (Å²) in [5, 5.41) is 9.45. The maximum Gasteiger partial charge on any atom is 0.115 e. The van der Waals surface area contributed by atoms with Crippen molar-refractivity contribution >= 4 is 0 Å². The smallest absolute Gasteiger partial charge is 0.115 e. The van der Waals surface area contributed by atoms with E-state index in [-0.39, 0.29) is 0 Å². The van der Waals surface area contributed by atoms with Crippen molar-refractivity contribution in [2.75, 3.05) is 13.6 Å². The Bertz CT molecular complexity index is 337. The van der Waals surface area contributed by atoms with Crippen LogP contribution >= 0.6 is 0 Å². The fourth-order valence-corrected chi connectivity index (χ4v) is 2.37. The minimum Gasteiger partial charge on any atom is -0.508 e. The van der Waals surface area contributed by atoms with E-state index in [0.29, 0.717) is 17.7 Å². The monoisotopic (exact) mass is 205 g/mol. The van der Waals surface area contributed by atoms with Crippen LogP contribution in [0.2, 0.25) is 0 Å². The third-order valence-electron chi connectivity index (χ3n) is 3.55. The van der Waals surface area contributed by atoms with Gasteiger partial charge in [0.25, 0.3) is 0 Å². The molecule has 1 aromatic carbocycles. The number of likely N-dealkylation sites (tertiary alicyclic amines) is 1. The molecule has 2 heteroatoms. The summed E-state index contributed by atoms with van der Waals surface area (Å²) in [6, 6.07) is 8.35. The third kappa shape index (κ3) is 2.32. The average Bonchev–Trinajstić information content (AvgIpc) is 2.22. The molecule has 1 fully saturated rings. The Morgan fingerprint density at radius 2 is 2.20 bits per heavy atom. The largest absolute Gasteiger partial charge is 0.508 e. The van der Waals surface area contributed by atoms with Crippen LogP contribution in [-0.4, -0.2) is 29.6 Å². The Hall–Kier alpha value is -1.02. The highest BCUT2D eigenvalue weighted by Gasteiger charge is 2.23. The predicted molar refractivity (Wildman–Crippen MR) is 62.2 cm³/mol. The van der Waals surface area contributed by atoms with Crippen LogP contribution in [0.4, 0.5) is 0 Å². The molecule has 1 heterocycles. The Labute approximate surface area is 91.5 Å². The van der Waals surface area contributed by atoms with Crippen LogP contribution in [0, 0.1) is 0 Å². The quantitative estimate of drug-likeness (QED) is 0.761. The lowest BCUT2D eigenvalue weighted by molar-refractivity contribution is 0.182. The predicted octanol–water partition coefficient (Wildman–Crippen LogP) is 2.59. The summed E-state index contributed by atoms with van der Waals surface area (Å²) in [6.45, 7) is 3.43. The summed E-state index contributed by atoms with van der Waals surface area (Å²) in [5.41, 5.74) is 1.29. The fraction of sp³-hybridized carbons (Fsp3) is 0.538. The average molecular weight is 205 g/mol. The number of benzene rings is 1. The molecule has 1 aliphatic heterocycles. The standard InChI is InChI=1S/C13H19NO/c1-10-8-12(6-7-14(10)2)11-4-3-5-13(15)9-11/h3-5,9-10,12,15H,6-8H2,1-2H3/t10-,12?/m1/s1. The van der Waals surface area contributed by atoms with Crippen molar-refractivity contribution in [3.8, 4) is 5.75 Å². The minimum atomic E-state index is 0.388. The van der Waals surface area contributed by atoms with E-state index in [4.69, 9.17) is 0 Å². The molecular formula is C13H19NO. The highest BCUT2D eigenvalue weighted by atomic mass is 16.3. The van der Waals surface area contributed by atoms with E-state index in [9.17, 15) is 5.11 Å². The van der Waals surface area contributed by atoms with Gasteiger partial charge in [-0.3, -0.25) is 0 Å². The van der Waals surface area contributed by atoms with E-state index in [1.54, 1.807) is 6.07 Å². The first kappa shape index (κ1) is 10.5. The van der Waals surface area contributed by atoms with Crippen LogP contribution in [0.15, 0.2) is 24.3 Å². The Kier molecular flexibility index (Phi) is 2.96. The van der Waals surface area contributed by atoms with Gasteiger partial charge in [0, 0.05) is 6.04 Å². The molecule has 15 heavy (non-hydrogen) atoms. The Balaban J connectivity index is 2.12. The normalized spacial score (nSPS) is 27.9. The number of phenols is 1. The summed E-state index contributed by atoms with van der Waals surface area (Å²) >= 11 is 0. The summed E-state index contributed by atoms with van der Waals surface area (Å²) in [4.78, 5) is 2.40. The first-order valence-electron chi connectivity index (χ1n) is 5.66. The van der Waals surface area contributed by atoms with Crippen molar-refractivity contribution in [3.05, 3.63) is 29.8 Å². The van der Waals surface area contributed by atoms with Gasteiger partial charge in [0.05, 0.1) is 0 Å². The first-order valence-corrected chi connectivity index (χ1v) is 5.66. The maximum absolute atomic E-state index is 9.45. The molecule has 2 rings (SSSR count). The first-order chi connectivity index (χ1) is 7.16. The Morgan fingerprint density at radius 1 is 1.40 bits per heavy atom. The van der Waals surface area contributed by atoms with Crippen molar-refractivity contribution in [1.29, 1.82) is 0 Å².